The largest absolute Gasteiger partial charge is 0.352 e. The second kappa shape index (κ2) is 12.7. The molecule has 0 aliphatic rings. The van der Waals surface area contributed by atoms with Gasteiger partial charge in [-0.3, -0.25) is 9.59 Å². The predicted molar refractivity (Wildman–Crippen MR) is 142 cm³/mol. The van der Waals surface area contributed by atoms with Gasteiger partial charge in [-0.1, -0.05) is 88.2 Å². The van der Waals surface area contributed by atoms with E-state index in [4.69, 9.17) is 11.6 Å². The van der Waals surface area contributed by atoms with E-state index in [-0.39, 0.29) is 24.3 Å². The second-order valence-electron chi connectivity index (χ2n) is 8.61. The Morgan fingerprint density at radius 2 is 1.62 bits per heavy atom. The van der Waals surface area contributed by atoms with Crippen LogP contribution >= 0.6 is 27.5 Å². The zero-order valence-corrected chi connectivity index (χ0v) is 21.9. The molecule has 0 unspecified atom stereocenters. The van der Waals surface area contributed by atoms with Crippen LogP contribution in [0.1, 0.15) is 37.0 Å². The van der Waals surface area contributed by atoms with E-state index in [0.717, 1.165) is 21.2 Å². The van der Waals surface area contributed by atoms with E-state index in [1.165, 1.54) is 0 Å². The van der Waals surface area contributed by atoms with E-state index in [2.05, 4.69) is 21.2 Å². The van der Waals surface area contributed by atoms with Crippen molar-refractivity contribution in [2.75, 3.05) is 0 Å². The molecule has 6 heteroatoms. The Morgan fingerprint density at radius 1 is 0.941 bits per heavy atom. The summed E-state index contributed by atoms with van der Waals surface area (Å²) in [7, 11) is 0. The first-order chi connectivity index (χ1) is 16.3. The highest BCUT2D eigenvalue weighted by atomic mass is 79.9. The molecule has 0 aliphatic carbocycles. The maximum absolute atomic E-state index is 13.6. The van der Waals surface area contributed by atoms with Gasteiger partial charge in [-0.15, -0.1) is 0 Å². The lowest BCUT2D eigenvalue weighted by atomic mass is 10.0. The first kappa shape index (κ1) is 26.0. The Morgan fingerprint density at radius 3 is 2.29 bits per heavy atom. The zero-order valence-electron chi connectivity index (χ0n) is 19.5. The topological polar surface area (TPSA) is 49.4 Å². The summed E-state index contributed by atoms with van der Waals surface area (Å²) < 4.78 is 0.930. The Bertz CT molecular complexity index is 1100. The zero-order chi connectivity index (χ0) is 24.5. The molecule has 3 rings (SSSR count). The molecule has 0 saturated heterocycles. The first-order valence-electron chi connectivity index (χ1n) is 11.4. The molecule has 0 bridgehead atoms. The van der Waals surface area contributed by atoms with Gasteiger partial charge in [0.2, 0.25) is 11.8 Å². The summed E-state index contributed by atoms with van der Waals surface area (Å²) >= 11 is 9.83. The summed E-state index contributed by atoms with van der Waals surface area (Å²) in [6.45, 7) is 4.19. The minimum absolute atomic E-state index is 0.0308. The third-order valence-corrected chi connectivity index (χ3v) is 6.37. The second-order valence-corrected chi connectivity index (χ2v) is 9.93. The molecule has 178 valence electrons. The molecular weight excluding hydrogens is 512 g/mol. The van der Waals surface area contributed by atoms with Crippen LogP contribution in [0.5, 0.6) is 0 Å². The van der Waals surface area contributed by atoms with E-state index >= 15 is 0 Å². The van der Waals surface area contributed by atoms with Crippen molar-refractivity contribution in [3.63, 3.8) is 0 Å². The van der Waals surface area contributed by atoms with Crippen LogP contribution in [-0.4, -0.2) is 28.8 Å². The fraction of sp³-hybridized carbons (Fsp3) is 0.286. The summed E-state index contributed by atoms with van der Waals surface area (Å²) in [5.41, 5.74) is 2.88. The quantitative estimate of drug-likeness (QED) is 0.332. The molecule has 3 aromatic rings. The molecule has 0 spiro atoms. The van der Waals surface area contributed by atoms with E-state index < -0.39 is 6.04 Å². The Labute approximate surface area is 215 Å². The molecule has 4 nitrogen and oxygen atoms in total. The fourth-order valence-electron chi connectivity index (χ4n) is 3.85. The van der Waals surface area contributed by atoms with E-state index in [1.807, 2.05) is 92.7 Å². The maximum Gasteiger partial charge on any atom is 0.243 e. The van der Waals surface area contributed by atoms with Crippen molar-refractivity contribution >= 4 is 39.3 Å². The number of benzene rings is 3. The van der Waals surface area contributed by atoms with Gasteiger partial charge in [0.05, 0.1) is 0 Å². The summed E-state index contributed by atoms with van der Waals surface area (Å²) in [4.78, 5) is 28.7. The SMILES string of the molecule is CC(C)NC(=O)[C@@H](Cc1ccccc1)N(Cc1cccc(Br)c1)C(=O)CCc1ccccc1Cl. The van der Waals surface area contributed by atoms with Crippen LogP contribution in [0.15, 0.2) is 83.3 Å². The van der Waals surface area contributed by atoms with Crippen LogP contribution in [0.25, 0.3) is 0 Å². The van der Waals surface area contributed by atoms with E-state index in [0.29, 0.717) is 24.4 Å². The van der Waals surface area contributed by atoms with E-state index in [9.17, 15) is 9.59 Å². The van der Waals surface area contributed by atoms with Crippen LogP contribution < -0.4 is 5.32 Å². The molecule has 34 heavy (non-hydrogen) atoms. The van der Waals surface area contributed by atoms with Crippen molar-refractivity contribution in [1.29, 1.82) is 0 Å². The van der Waals surface area contributed by atoms with Crippen molar-refractivity contribution in [2.24, 2.45) is 0 Å². The minimum atomic E-state index is -0.637. The van der Waals surface area contributed by atoms with Crippen LogP contribution in [0, 0.1) is 0 Å². The number of amides is 2. The van der Waals surface area contributed by atoms with Gasteiger partial charge >= 0.3 is 0 Å². The highest BCUT2D eigenvalue weighted by Crippen LogP contribution is 2.21. The van der Waals surface area contributed by atoms with Crippen LogP contribution in [0.4, 0.5) is 0 Å². The lowest BCUT2D eigenvalue weighted by Crippen LogP contribution is -2.51. The lowest BCUT2D eigenvalue weighted by molar-refractivity contribution is -0.141. The van der Waals surface area contributed by atoms with Gasteiger partial charge < -0.3 is 10.2 Å². The van der Waals surface area contributed by atoms with Gasteiger partial charge in [-0.25, -0.2) is 0 Å². The normalized spacial score (nSPS) is 11.8. The van der Waals surface area contributed by atoms with Crippen molar-refractivity contribution in [3.05, 3.63) is 105 Å². The third kappa shape index (κ3) is 7.71. The first-order valence-corrected chi connectivity index (χ1v) is 12.6. The monoisotopic (exact) mass is 540 g/mol. The third-order valence-electron chi connectivity index (χ3n) is 5.51. The molecule has 3 aromatic carbocycles. The molecule has 0 radical (unpaired) electrons. The predicted octanol–water partition coefficient (Wildman–Crippen LogP) is 6.20. The van der Waals surface area contributed by atoms with Gasteiger partial charge in [0, 0.05) is 34.9 Å². The minimum Gasteiger partial charge on any atom is -0.352 e. The number of aryl methyl sites for hydroxylation is 1. The lowest BCUT2D eigenvalue weighted by Gasteiger charge is -2.32. The smallest absolute Gasteiger partial charge is 0.243 e. The van der Waals surface area contributed by atoms with Gasteiger partial charge in [-0.05, 0) is 55.2 Å². The van der Waals surface area contributed by atoms with Crippen molar-refractivity contribution in [1.82, 2.24) is 10.2 Å². The average molecular weight is 542 g/mol. The van der Waals surface area contributed by atoms with Crippen LogP contribution in [-0.2, 0) is 29.0 Å². The maximum atomic E-state index is 13.6. The molecule has 0 aliphatic heterocycles. The molecule has 0 fully saturated rings. The summed E-state index contributed by atoms with van der Waals surface area (Å²) in [5, 5.41) is 3.66. The van der Waals surface area contributed by atoms with Crippen molar-refractivity contribution < 1.29 is 9.59 Å². The van der Waals surface area contributed by atoms with Crippen LogP contribution in [0.3, 0.4) is 0 Å². The number of halogens is 2. The number of hydrogen-bond donors (Lipinski definition) is 1. The van der Waals surface area contributed by atoms with E-state index in [1.54, 1.807) is 4.90 Å². The Hall–Kier alpha value is -2.63. The van der Waals surface area contributed by atoms with Crippen molar-refractivity contribution in [3.8, 4) is 0 Å². The highest BCUT2D eigenvalue weighted by molar-refractivity contribution is 9.10. The number of rotatable bonds is 10. The number of nitrogens with one attached hydrogen (secondary N) is 1. The molecule has 1 atom stereocenters. The fourth-order valence-corrected chi connectivity index (χ4v) is 4.53. The molecule has 1 N–H and O–H groups in total. The molecule has 0 saturated carbocycles. The molecule has 0 aromatic heterocycles. The number of nitrogens with zero attached hydrogens (tertiary/aromatic N) is 1. The number of carbonyl (C=O) groups is 2. The number of hydrogen-bond acceptors (Lipinski definition) is 2. The Kier molecular flexibility index (Phi) is 9.73. The molecule has 2 amide bonds. The summed E-state index contributed by atoms with van der Waals surface area (Å²) in [5.74, 6) is -0.236. The van der Waals surface area contributed by atoms with Gasteiger partial charge in [-0.2, -0.15) is 0 Å². The highest BCUT2D eigenvalue weighted by Gasteiger charge is 2.30. The van der Waals surface area contributed by atoms with Crippen molar-refractivity contribution in [2.45, 2.75) is 51.7 Å². The van der Waals surface area contributed by atoms with Gasteiger partial charge in [0.1, 0.15) is 6.04 Å². The standard InChI is InChI=1S/C28H30BrClN2O2/c1-20(2)31-28(34)26(18-21-9-4-3-5-10-21)32(19-22-11-8-13-24(29)17-22)27(33)16-15-23-12-6-7-14-25(23)30/h3-14,17,20,26H,15-16,18-19H2,1-2H3,(H,31,34)/t26-/m1/s1. The number of carbonyl (C=O) groups excluding carboxylic acids is 2. The van der Waals surface area contributed by atoms with Gasteiger partial charge in [0.25, 0.3) is 0 Å². The molecular formula is C28H30BrClN2O2. The van der Waals surface area contributed by atoms with Crippen LogP contribution in [0.2, 0.25) is 5.02 Å². The summed E-state index contributed by atoms with van der Waals surface area (Å²) in [6, 6.07) is 24.5. The average Bonchev–Trinajstić information content (AvgIpc) is 2.81. The Balaban J connectivity index is 1.92. The summed E-state index contributed by atoms with van der Waals surface area (Å²) in [6.07, 6.45) is 1.21. The van der Waals surface area contributed by atoms with Gasteiger partial charge in [0.15, 0.2) is 0 Å². The molecule has 0 heterocycles.